The summed E-state index contributed by atoms with van der Waals surface area (Å²) in [4.78, 5) is 1.69. The molecule has 0 N–H and O–H groups in total. The van der Waals surface area contributed by atoms with Gasteiger partial charge in [-0.25, -0.2) is 13.5 Å². The summed E-state index contributed by atoms with van der Waals surface area (Å²) in [7, 11) is 0. The number of alkyl halides is 2. The summed E-state index contributed by atoms with van der Waals surface area (Å²) in [6.45, 7) is 0.0310. The van der Waals surface area contributed by atoms with Gasteiger partial charge in [0.1, 0.15) is 0 Å². The van der Waals surface area contributed by atoms with Crippen LogP contribution in [0.15, 0.2) is 36.4 Å². The Balaban J connectivity index is 1.90. The molecule has 2 heterocycles. The van der Waals surface area contributed by atoms with Crippen molar-refractivity contribution < 1.29 is 8.78 Å². The van der Waals surface area contributed by atoms with Gasteiger partial charge >= 0.3 is 0 Å². The molecule has 1 aromatic carbocycles. The van der Waals surface area contributed by atoms with Gasteiger partial charge in [0.05, 0.1) is 17.6 Å². The minimum absolute atomic E-state index is 0.130. The van der Waals surface area contributed by atoms with E-state index in [1.165, 1.54) is 0 Å². The number of halogens is 3. The van der Waals surface area contributed by atoms with Crippen LogP contribution in [0.25, 0.3) is 17.8 Å². The van der Waals surface area contributed by atoms with E-state index >= 15 is 0 Å². The van der Waals surface area contributed by atoms with Crippen LogP contribution >= 0.6 is 11.6 Å². The fourth-order valence-corrected chi connectivity index (χ4v) is 3.42. The second kappa shape index (κ2) is 6.30. The average Bonchev–Trinajstić information content (AvgIpc) is 3.08. The zero-order chi connectivity index (χ0) is 17.4. The second-order valence-corrected chi connectivity index (χ2v) is 6.85. The molecule has 0 amide bonds. The Morgan fingerprint density at radius 1 is 1.12 bits per heavy atom. The SMILES string of the molecule is FC1(F)CCN(c2nn(-c3ccc(Cl)cc3)c3c2=CC=CCCC=3)C1. The molecule has 0 saturated carbocycles. The van der Waals surface area contributed by atoms with Crippen LogP contribution in [0.1, 0.15) is 19.3 Å². The topological polar surface area (TPSA) is 21.1 Å². The Kier molecular flexibility index (Phi) is 4.12. The molecule has 25 heavy (non-hydrogen) atoms. The van der Waals surface area contributed by atoms with E-state index in [-0.39, 0.29) is 13.0 Å². The zero-order valence-corrected chi connectivity index (χ0v) is 14.4. The van der Waals surface area contributed by atoms with Crippen molar-refractivity contribution in [3.05, 3.63) is 52.0 Å². The average molecular weight is 362 g/mol. The van der Waals surface area contributed by atoms with Gasteiger partial charge in [0.2, 0.25) is 0 Å². The molecule has 1 saturated heterocycles. The van der Waals surface area contributed by atoms with Gasteiger partial charge < -0.3 is 4.90 Å². The molecular formula is C19H18ClF2N3. The number of nitrogens with zero attached hydrogens (tertiary/aromatic N) is 3. The van der Waals surface area contributed by atoms with Crippen LogP contribution in [0.5, 0.6) is 0 Å². The Labute approximate surface area is 149 Å². The molecule has 1 aliphatic heterocycles. The Morgan fingerprint density at radius 2 is 1.92 bits per heavy atom. The molecule has 0 atom stereocenters. The number of aromatic nitrogens is 2. The molecule has 2 aliphatic rings. The zero-order valence-electron chi connectivity index (χ0n) is 13.6. The minimum atomic E-state index is -2.65. The van der Waals surface area contributed by atoms with E-state index in [1.54, 1.807) is 17.0 Å². The van der Waals surface area contributed by atoms with E-state index < -0.39 is 5.92 Å². The van der Waals surface area contributed by atoms with Crippen LogP contribution in [0.4, 0.5) is 14.6 Å². The number of hydrogen-bond donors (Lipinski definition) is 0. The van der Waals surface area contributed by atoms with E-state index in [1.807, 2.05) is 29.0 Å². The first-order valence-corrected chi connectivity index (χ1v) is 8.76. The normalized spacial score (nSPS) is 18.9. The third-order valence-corrected chi connectivity index (χ3v) is 4.80. The molecule has 130 valence electrons. The summed E-state index contributed by atoms with van der Waals surface area (Å²) in [6.07, 6.45) is 9.85. The fourth-order valence-electron chi connectivity index (χ4n) is 3.29. The monoisotopic (exact) mass is 361 g/mol. The minimum Gasteiger partial charge on any atom is -0.348 e. The summed E-state index contributed by atoms with van der Waals surface area (Å²) >= 11 is 5.99. The summed E-state index contributed by atoms with van der Waals surface area (Å²) in [5.41, 5.74) is 0.868. The van der Waals surface area contributed by atoms with Gasteiger partial charge in [-0.2, -0.15) is 0 Å². The molecule has 0 unspecified atom stereocenters. The van der Waals surface area contributed by atoms with Gasteiger partial charge in [-0.15, -0.1) is 5.10 Å². The number of anilines is 1. The molecule has 0 bridgehead atoms. The third-order valence-electron chi connectivity index (χ3n) is 4.55. The molecule has 4 rings (SSSR count). The van der Waals surface area contributed by atoms with Crippen molar-refractivity contribution in [2.24, 2.45) is 0 Å². The van der Waals surface area contributed by atoms with Crippen LogP contribution in [-0.2, 0) is 0 Å². The number of hydrogen-bond acceptors (Lipinski definition) is 2. The Morgan fingerprint density at radius 3 is 2.64 bits per heavy atom. The maximum absolute atomic E-state index is 13.7. The van der Waals surface area contributed by atoms with Crippen LogP contribution in [0.3, 0.4) is 0 Å². The summed E-state index contributed by atoms with van der Waals surface area (Å²) in [5, 5.41) is 7.18. The lowest BCUT2D eigenvalue weighted by molar-refractivity contribution is 0.0256. The van der Waals surface area contributed by atoms with Crippen LogP contribution < -0.4 is 15.5 Å². The van der Waals surface area contributed by atoms with Crippen LogP contribution in [0, 0.1) is 0 Å². The molecule has 1 aromatic heterocycles. The van der Waals surface area contributed by atoms with Crippen molar-refractivity contribution >= 4 is 29.6 Å². The molecule has 1 aliphatic carbocycles. The molecule has 2 aromatic rings. The van der Waals surface area contributed by atoms with Crippen molar-refractivity contribution in [2.75, 3.05) is 18.0 Å². The summed E-state index contributed by atoms with van der Waals surface area (Å²) < 4.78 is 29.2. The molecule has 6 heteroatoms. The highest BCUT2D eigenvalue weighted by Gasteiger charge is 2.39. The molecule has 3 nitrogen and oxygen atoms in total. The van der Waals surface area contributed by atoms with Gasteiger partial charge in [-0.05, 0) is 43.2 Å². The maximum atomic E-state index is 13.7. The van der Waals surface area contributed by atoms with E-state index in [4.69, 9.17) is 16.7 Å². The van der Waals surface area contributed by atoms with E-state index in [2.05, 4.69) is 12.2 Å². The van der Waals surface area contributed by atoms with Gasteiger partial charge in [0, 0.05) is 23.2 Å². The van der Waals surface area contributed by atoms with Crippen molar-refractivity contribution in [1.82, 2.24) is 9.78 Å². The predicted molar refractivity (Wildman–Crippen MR) is 96.9 cm³/mol. The Bertz CT molecular complexity index is 929. The Hall–Kier alpha value is -2.14. The van der Waals surface area contributed by atoms with Crippen LogP contribution in [-0.4, -0.2) is 28.8 Å². The molecule has 0 spiro atoms. The van der Waals surface area contributed by atoms with E-state index in [0.29, 0.717) is 17.4 Å². The highest BCUT2D eigenvalue weighted by atomic mass is 35.5. The van der Waals surface area contributed by atoms with Crippen LogP contribution in [0.2, 0.25) is 5.02 Å². The first kappa shape index (κ1) is 16.3. The maximum Gasteiger partial charge on any atom is 0.266 e. The number of benzene rings is 1. The highest BCUT2D eigenvalue weighted by molar-refractivity contribution is 6.30. The summed E-state index contributed by atoms with van der Waals surface area (Å²) in [5.74, 6) is -2.04. The highest BCUT2D eigenvalue weighted by Crippen LogP contribution is 2.28. The second-order valence-electron chi connectivity index (χ2n) is 6.41. The smallest absolute Gasteiger partial charge is 0.266 e. The number of rotatable bonds is 2. The van der Waals surface area contributed by atoms with E-state index in [0.717, 1.165) is 29.1 Å². The van der Waals surface area contributed by atoms with Crippen molar-refractivity contribution in [3.63, 3.8) is 0 Å². The lowest BCUT2D eigenvalue weighted by atomic mass is 10.2. The summed E-state index contributed by atoms with van der Waals surface area (Å²) in [6, 6.07) is 7.39. The van der Waals surface area contributed by atoms with Gasteiger partial charge in [0.25, 0.3) is 5.92 Å². The largest absolute Gasteiger partial charge is 0.348 e. The van der Waals surface area contributed by atoms with Gasteiger partial charge in [-0.1, -0.05) is 29.8 Å². The number of allylic oxidation sites excluding steroid dienone is 2. The third kappa shape index (κ3) is 3.21. The van der Waals surface area contributed by atoms with E-state index in [9.17, 15) is 8.78 Å². The quantitative estimate of drug-likeness (QED) is 0.818. The van der Waals surface area contributed by atoms with Gasteiger partial charge in [-0.3, -0.25) is 0 Å². The fraction of sp³-hybridized carbons (Fsp3) is 0.316. The molecular weight excluding hydrogens is 344 g/mol. The lowest BCUT2D eigenvalue weighted by Crippen LogP contribution is -2.33. The lowest BCUT2D eigenvalue weighted by Gasteiger charge is -2.15. The van der Waals surface area contributed by atoms with Gasteiger partial charge in [0.15, 0.2) is 5.82 Å². The van der Waals surface area contributed by atoms with Crippen molar-refractivity contribution in [3.8, 4) is 5.69 Å². The van der Waals surface area contributed by atoms with Crippen molar-refractivity contribution in [1.29, 1.82) is 0 Å². The predicted octanol–water partition coefficient (Wildman–Crippen LogP) is 3.28. The molecule has 1 fully saturated rings. The standard InChI is InChI=1S/C19H18ClF2N3/c20-14-7-9-15(10-8-14)25-17-6-4-2-1-3-5-16(17)18(23-25)24-12-11-19(21,22)13-24/h1,3,5-10H,2,4,11-13H2. The first-order chi connectivity index (χ1) is 12.0. The number of fused-ring (bicyclic) bond motifs is 1. The molecule has 0 radical (unpaired) electrons. The first-order valence-electron chi connectivity index (χ1n) is 8.38. The van der Waals surface area contributed by atoms with Crippen molar-refractivity contribution in [2.45, 2.75) is 25.2 Å².